The van der Waals surface area contributed by atoms with Crippen LogP contribution in [-0.4, -0.2) is 11.1 Å². The lowest BCUT2D eigenvalue weighted by molar-refractivity contribution is -0.384. The van der Waals surface area contributed by atoms with Crippen LogP contribution in [0.2, 0.25) is 5.02 Å². The molecule has 5 aromatic rings. The van der Waals surface area contributed by atoms with Gasteiger partial charge in [-0.1, -0.05) is 72.3 Å². The van der Waals surface area contributed by atoms with Crippen molar-refractivity contribution < 1.29 is 13.8 Å². The fraction of sp³-hybridized carbons (Fsp3) is 0. The highest BCUT2D eigenvalue weighted by molar-refractivity contribution is 6.30. The van der Waals surface area contributed by atoms with Gasteiger partial charge >= 0.3 is 0 Å². The molecule has 0 atom stereocenters. The Morgan fingerprint density at radius 3 is 2.28 bits per heavy atom. The number of nitrogens with zero attached hydrogens (tertiary/aromatic N) is 3. The second-order valence-electron chi connectivity index (χ2n) is 7.71. The van der Waals surface area contributed by atoms with Crippen LogP contribution in [0, 0.1) is 21.4 Å². The van der Waals surface area contributed by atoms with Crippen molar-refractivity contribution in [2.45, 2.75) is 0 Å². The molecule has 0 aliphatic heterocycles. The van der Waals surface area contributed by atoms with Crippen molar-refractivity contribution in [2.24, 2.45) is 4.99 Å². The van der Waals surface area contributed by atoms with Gasteiger partial charge in [-0.05, 0) is 29.8 Å². The van der Waals surface area contributed by atoms with Crippen LogP contribution in [0.5, 0.6) is 0 Å². The van der Waals surface area contributed by atoms with E-state index in [4.69, 9.17) is 20.4 Å². The summed E-state index contributed by atoms with van der Waals surface area (Å²) in [6, 6.07) is 28.8. The summed E-state index contributed by atoms with van der Waals surface area (Å²) in [7, 11) is 0. The summed E-state index contributed by atoms with van der Waals surface area (Å²) in [5.41, 5.74) is 2.69. The number of furan rings is 2. The van der Waals surface area contributed by atoms with Crippen molar-refractivity contribution in [3.63, 3.8) is 0 Å². The predicted molar refractivity (Wildman–Crippen MR) is 137 cm³/mol. The van der Waals surface area contributed by atoms with E-state index in [1.807, 2.05) is 60.7 Å². The highest BCUT2D eigenvalue weighted by Gasteiger charge is 2.23. The number of rotatable bonds is 6. The average Bonchev–Trinajstić information content (AvgIpc) is 3.53. The van der Waals surface area contributed by atoms with E-state index in [2.05, 4.69) is 11.1 Å². The number of hydrogen-bond donors (Lipinski definition) is 0. The van der Waals surface area contributed by atoms with E-state index < -0.39 is 4.92 Å². The van der Waals surface area contributed by atoms with Crippen molar-refractivity contribution in [3.8, 4) is 39.8 Å². The highest BCUT2D eigenvalue weighted by atomic mass is 35.5. The zero-order chi connectivity index (χ0) is 25.1. The first-order valence-corrected chi connectivity index (χ1v) is 11.2. The average molecular weight is 494 g/mol. The van der Waals surface area contributed by atoms with Crippen LogP contribution >= 0.6 is 11.6 Å². The van der Waals surface area contributed by atoms with E-state index in [0.717, 1.165) is 11.1 Å². The molecular formula is C28H16ClN3O4. The van der Waals surface area contributed by atoms with Gasteiger partial charge in [0.15, 0.2) is 0 Å². The summed E-state index contributed by atoms with van der Waals surface area (Å²) in [4.78, 5) is 15.3. The first-order valence-electron chi connectivity index (χ1n) is 10.8. The molecule has 2 aromatic heterocycles. The Bertz CT molecular complexity index is 1630. The molecule has 36 heavy (non-hydrogen) atoms. The number of nitriles is 1. The Morgan fingerprint density at radius 1 is 0.917 bits per heavy atom. The SMILES string of the molecule is N#Cc1c(N=Cc2ccc(-c3ccc(Cl)cc3[N+](=O)[O-])o2)oc(-c2ccccc2)c1-c1ccccc1. The summed E-state index contributed by atoms with van der Waals surface area (Å²) < 4.78 is 11.9. The van der Waals surface area contributed by atoms with E-state index in [-0.39, 0.29) is 33.5 Å². The minimum absolute atomic E-state index is 0.130. The molecule has 2 heterocycles. The third-order valence-electron chi connectivity index (χ3n) is 5.46. The quantitative estimate of drug-likeness (QED) is 0.135. The maximum Gasteiger partial charge on any atom is 0.281 e. The zero-order valence-corrected chi connectivity index (χ0v) is 19.3. The molecule has 0 saturated carbocycles. The van der Waals surface area contributed by atoms with Gasteiger partial charge in [0.05, 0.1) is 16.7 Å². The molecule has 0 amide bonds. The van der Waals surface area contributed by atoms with Gasteiger partial charge in [-0.15, -0.1) is 0 Å². The second-order valence-corrected chi connectivity index (χ2v) is 8.15. The Hall–Kier alpha value is -4.93. The fourth-order valence-corrected chi connectivity index (χ4v) is 4.01. The van der Waals surface area contributed by atoms with Crippen LogP contribution in [0.4, 0.5) is 11.6 Å². The molecule has 7 nitrogen and oxygen atoms in total. The maximum absolute atomic E-state index is 11.4. The highest BCUT2D eigenvalue weighted by Crippen LogP contribution is 2.42. The first kappa shape index (κ1) is 22.8. The molecule has 0 radical (unpaired) electrons. The minimum Gasteiger partial charge on any atom is -0.455 e. The van der Waals surface area contributed by atoms with Crippen molar-refractivity contribution in [1.82, 2.24) is 0 Å². The van der Waals surface area contributed by atoms with Gasteiger partial charge in [0.25, 0.3) is 5.69 Å². The van der Waals surface area contributed by atoms with E-state index in [1.54, 1.807) is 18.2 Å². The molecule has 0 spiro atoms. The van der Waals surface area contributed by atoms with E-state index >= 15 is 0 Å². The molecule has 3 aromatic carbocycles. The number of benzene rings is 3. The van der Waals surface area contributed by atoms with Gasteiger partial charge in [0.2, 0.25) is 5.88 Å². The van der Waals surface area contributed by atoms with Crippen LogP contribution in [0.25, 0.3) is 33.8 Å². The third-order valence-corrected chi connectivity index (χ3v) is 5.69. The third kappa shape index (κ3) is 4.41. The predicted octanol–water partition coefficient (Wildman–Crippen LogP) is 8.06. The number of nitro groups is 1. The fourth-order valence-electron chi connectivity index (χ4n) is 3.84. The van der Waals surface area contributed by atoms with Crippen LogP contribution < -0.4 is 0 Å². The summed E-state index contributed by atoms with van der Waals surface area (Å²) in [5.74, 6) is 1.28. The molecule has 0 fully saturated rings. The smallest absolute Gasteiger partial charge is 0.281 e. The Labute approximate surface area is 210 Å². The molecule has 0 N–H and O–H groups in total. The number of aliphatic imine (C=N–C) groups is 1. The summed E-state index contributed by atoms with van der Waals surface area (Å²) in [6.07, 6.45) is 1.41. The van der Waals surface area contributed by atoms with Crippen LogP contribution in [0.1, 0.15) is 11.3 Å². The summed E-state index contributed by atoms with van der Waals surface area (Å²) >= 11 is 5.91. The van der Waals surface area contributed by atoms with E-state index in [1.165, 1.54) is 18.3 Å². The minimum atomic E-state index is -0.518. The lowest BCUT2D eigenvalue weighted by Crippen LogP contribution is -1.91. The lowest BCUT2D eigenvalue weighted by atomic mass is 9.98. The molecule has 0 aliphatic carbocycles. The van der Waals surface area contributed by atoms with Gasteiger partial charge in [-0.25, -0.2) is 4.99 Å². The van der Waals surface area contributed by atoms with Gasteiger partial charge in [0.1, 0.15) is 28.9 Å². The monoisotopic (exact) mass is 493 g/mol. The second kappa shape index (κ2) is 9.74. The van der Waals surface area contributed by atoms with E-state index in [9.17, 15) is 15.4 Å². The molecule has 8 heteroatoms. The Morgan fingerprint density at radius 2 is 1.61 bits per heavy atom. The molecule has 174 valence electrons. The molecule has 5 rings (SSSR count). The van der Waals surface area contributed by atoms with Crippen molar-refractivity contribution in [3.05, 3.63) is 117 Å². The largest absolute Gasteiger partial charge is 0.455 e. The van der Waals surface area contributed by atoms with Crippen LogP contribution in [0.15, 0.2) is 105 Å². The molecule has 0 aliphatic rings. The zero-order valence-electron chi connectivity index (χ0n) is 18.6. The van der Waals surface area contributed by atoms with Gasteiger partial charge < -0.3 is 8.83 Å². The standard InChI is InChI=1S/C28H16ClN3O4/c29-20-11-13-22(24(15-20)32(33)34)25-14-12-21(35-25)17-31-28-23(16-30)26(18-7-3-1-4-8-18)27(36-28)19-9-5-2-6-10-19/h1-15,17H. The van der Waals surface area contributed by atoms with Gasteiger partial charge in [-0.2, -0.15) is 5.26 Å². The van der Waals surface area contributed by atoms with Crippen LogP contribution in [0.3, 0.4) is 0 Å². The molecule has 0 bridgehead atoms. The lowest BCUT2D eigenvalue weighted by Gasteiger charge is -2.03. The first-order chi connectivity index (χ1) is 17.5. The number of nitro benzene ring substituents is 1. The Balaban J connectivity index is 1.56. The van der Waals surface area contributed by atoms with Gasteiger partial charge in [0, 0.05) is 22.2 Å². The molecular weight excluding hydrogens is 478 g/mol. The summed E-state index contributed by atoms with van der Waals surface area (Å²) in [5, 5.41) is 21.7. The van der Waals surface area contributed by atoms with Crippen molar-refractivity contribution in [2.75, 3.05) is 0 Å². The summed E-state index contributed by atoms with van der Waals surface area (Å²) in [6.45, 7) is 0. The van der Waals surface area contributed by atoms with Crippen molar-refractivity contribution in [1.29, 1.82) is 5.26 Å². The normalized spacial score (nSPS) is 11.0. The van der Waals surface area contributed by atoms with E-state index in [0.29, 0.717) is 17.1 Å². The Kier molecular flexibility index (Phi) is 6.18. The number of hydrogen-bond acceptors (Lipinski definition) is 6. The van der Waals surface area contributed by atoms with Crippen molar-refractivity contribution >= 4 is 29.4 Å². The molecule has 0 saturated heterocycles. The van der Waals surface area contributed by atoms with Gasteiger partial charge in [-0.3, -0.25) is 10.1 Å². The maximum atomic E-state index is 11.4. The topological polar surface area (TPSA) is 106 Å². The van der Waals surface area contributed by atoms with Crippen LogP contribution in [-0.2, 0) is 0 Å². The molecule has 0 unspecified atom stereocenters. The number of halogens is 1.